The Morgan fingerprint density at radius 3 is 2.59 bits per heavy atom. The van der Waals surface area contributed by atoms with Crippen molar-refractivity contribution in [2.75, 3.05) is 0 Å². The maximum Gasteiger partial charge on any atom is 0.167 e. The lowest BCUT2D eigenvalue weighted by Gasteiger charge is -2.25. The maximum absolute atomic E-state index is 12.5. The van der Waals surface area contributed by atoms with Gasteiger partial charge in [0.2, 0.25) is 0 Å². The molecule has 0 radical (unpaired) electrons. The zero-order valence-corrected chi connectivity index (χ0v) is 13.6. The van der Waals surface area contributed by atoms with Gasteiger partial charge in [-0.3, -0.25) is 4.79 Å². The number of hydrogen-bond donors (Lipinski definition) is 0. The fraction of sp³-hybridized carbons (Fsp3) is 0.500. The van der Waals surface area contributed by atoms with Gasteiger partial charge in [-0.1, -0.05) is 35.7 Å². The molecule has 0 aliphatic heterocycles. The molecular formula is C14H16BrIO. The van der Waals surface area contributed by atoms with E-state index in [1.54, 1.807) is 0 Å². The molecule has 0 bridgehead atoms. The lowest BCUT2D eigenvalue weighted by atomic mass is 9.79. The maximum atomic E-state index is 12.5. The van der Waals surface area contributed by atoms with E-state index in [-0.39, 0.29) is 5.92 Å². The van der Waals surface area contributed by atoms with Gasteiger partial charge in [-0.05, 0) is 59.5 Å². The zero-order valence-electron chi connectivity index (χ0n) is 9.88. The molecule has 1 aromatic rings. The highest BCUT2D eigenvalue weighted by Crippen LogP contribution is 2.32. The molecule has 0 unspecified atom stereocenters. The van der Waals surface area contributed by atoms with Crippen molar-refractivity contribution < 1.29 is 4.79 Å². The Bertz CT molecular complexity index is 422. The molecule has 0 heterocycles. The molecule has 1 aliphatic carbocycles. The van der Waals surface area contributed by atoms with Gasteiger partial charge < -0.3 is 0 Å². The van der Waals surface area contributed by atoms with Crippen molar-refractivity contribution in [1.82, 2.24) is 0 Å². The number of carbonyl (C=O) groups is 1. The van der Waals surface area contributed by atoms with Crippen LogP contribution in [-0.2, 0) is 0 Å². The van der Waals surface area contributed by atoms with Gasteiger partial charge in [-0.2, -0.15) is 0 Å². The van der Waals surface area contributed by atoms with Crippen LogP contribution in [0.1, 0.15) is 43.0 Å². The van der Waals surface area contributed by atoms with Crippen LogP contribution in [0.4, 0.5) is 0 Å². The molecule has 1 nitrogen and oxygen atoms in total. The van der Waals surface area contributed by atoms with Crippen molar-refractivity contribution in [3.63, 3.8) is 0 Å². The molecule has 92 valence electrons. The zero-order chi connectivity index (χ0) is 12.4. The van der Waals surface area contributed by atoms with E-state index in [2.05, 4.69) is 45.4 Å². The van der Waals surface area contributed by atoms with E-state index in [4.69, 9.17) is 0 Å². The average molecular weight is 407 g/mol. The summed E-state index contributed by atoms with van der Waals surface area (Å²) >= 11 is 5.69. The molecular weight excluding hydrogens is 391 g/mol. The molecule has 0 saturated heterocycles. The highest BCUT2D eigenvalue weighted by atomic mass is 127. The minimum Gasteiger partial charge on any atom is -0.294 e. The van der Waals surface area contributed by atoms with Gasteiger partial charge in [0.25, 0.3) is 0 Å². The van der Waals surface area contributed by atoms with E-state index in [0.717, 1.165) is 32.4 Å². The third-order valence-corrected chi connectivity index (χ3v) is 5.01. The lowest BCUT2D eigenvalue weighted by Crippen LogP contribution is -2.21. The van der Waals surface area contributed by atoms with Crippen LogP contribution in [0.5, 0.6) is 0 Å². The Kier molecular flexibility index (Phi) is 4.64. The minimum atomic E-state index is 0.244. The summed E-state index contributed by atoms with van der Waals surface area (Å²) < 4.78 is 2.06. The van der Waals surface area contributed by atoms with Gasteiger partial charge in [-0.15, -0.1) is 0 Å². The Hall–Kier alpha value is 0.1000. The molecule has 3 heteroatoms. The Morgan fingerprint density at radius 1 is 1.29 bits per heavy atom. The van der Waals surface area contributed by atoms with E-state index >= 15 is 0 Å². The SMILES string of the molecule is CC1CCC(C(=O)c2cc(Br)ccc2I)CC1. The molecule has 1 aromatic carbocycles. The first-order valence-corrected chi connectivity index (χ1v) is 7.94. The van der Waals surface area contributed by atoms with Crippen LogP contribution in [-0.4, -0.2) is 5.78 Å². The molecule has 0 spiro atoms. The van der Waals surface area contributed by atoms with Crippen molar-refractivity contribution >= 4 is 44.3 Å². The van der Waals surface area contributed by atoms with E-state index in [1.165, 1.54) is 12.8 Å². The van der Waals surface area contributed by atoms with Crippen LogP contribution < -0.4 is 0 Å². The summed E-state index contributed by atoms with van der Waals surface area (Å²) in [5, 5.41) is 0. The molecule has 1 fully saturated rings. The number of ketones is 1. The summed E-state index contributed by atoms with van der Waals surface area (Å²) in [6, 6.07) is 5.95. The lowest BCUT2D eigenvalue weighted by molar-refractivity contribution is 0.0874. The van der Waals surface area contributed by atoms with E-state index < -0.39 is 0 Å². The van der Waals surface area contributed by atoms with Crippen LogP contribution in [0.25, 0.3) is 0 Å². The van der Waals surface area contributed by atoms with Crippen LogP contribution >= 0.6 is 38.5 Å². The Morgan fingerprint density at radius 2 is 1.94 bits per heavy atom. The first kappa shape index (κ1) is 13.5. The number of halogens is 2. The van der Waals surface area contributed by atoms with Gasteiger partial charge in [0.1, 0.15) is 0 Å². The predicted molar refractivity (Wildman–Crippen MR) is 82.3 cm³/mol. The molecule has 0 N–H and O–H groups in total. The Labute approximate surface area is 125 Å². The van der Waals surface area contributed by atoms with Crippen molar-refractivity contribution in [3.05, 3.63) is 31.8 Å². The first-order valence-electron chi connectivity index (χ1n) is 6.07. The van der Waals surface area contributed by atoms with Gasteiger partial charge in [-0.25, -0.2) is 0 Å². The predicted octanol–water partition coefficient (Wildman–Crippen LogP) is 5.06. The molecule has 2 rings (SSSR count). The second-order valence-corrected chi connectivity index (χ2v) is 7.02. The number of benzene rings is 1. The second kappa shape index (κ2) is 5.83. The van der Waals surface area contributed by atoms with Crippen LogP contribution in [0.15, 0.2) is 22.7 Å². The molecule has 1 aliphatic rings. The summed E-state index contributed by atoms with van der Waals surface area (Å²) in [7, 11) is 0. The summed E-state index contributed by atoms with van der Waals surface area (Å²) in [6.45, 7) is 2.28. The van der Waals surface area contributed by atoms with Gasteiger partial charge in [0, 0.05) is 19.5 Å². The molecule has 0 atom stereocenters. The van der Waals surface area contributed by atoms with Gasteiger partial charge >= 0.3 is 0 Å². The highest BCUT2D eigenvalue weighted by molar-refractivity contribution is 14.1. The number of carbonyl (C=O) groups excluding carboxylic acids is 1. The third-order valence-electron chi connectivity index (χ3n) is 3.58. The molecule has 1 saturated carbocycles. The Balaban J connectivity index is 2.16. The van der Waals surface area contributed by atoms with Crippen molar-refractivity contribution in [3.8, 4) is 0 Å². The van der Waals surface area contributed by atoms with E-state index in [9.17, 15) is 4.79 Å². The third kappa shape index (κ3) is 3.31. The fourth-order valence-electron chi connectivity index (χ4n) is 2.43. The molecule has 0 amide bonds. The number of hydrogen-bond acceptors (Lipinski definition) is 1. The van der Waals surface area contributed by atoms with Crippen molar-refractivity contribution in [2.45, 2.75) is 32.6 Å². The van der Waals surface area contributed by atoms with Crippen LogP contribution in [0.2, 0.25) is 0 Å². The minimum absolute atomic E-state index is 0.244. The normalized spacial score (nSPS) is 24.6. The number of Topliss-reactive ketones (excluding diaryl/α,β-unsaturated/α-hetero) is 1. The van der Waals surface area contributed by atoms with Gasteiger partial charge in [0.05, 0.1) is 0 Å². The molecule has 0 aromatic heterocycles. The molecule has 17 heavy (non-hydrogen) atoms. The smallest absolute Gasteiger partial charge is 0.167 e. The first-order chi connectivity index (χ1) is 8.08. The average Bonchev–Trinajstić information content (AvgIpc) is 2.32. The van der Waals surface area contributed by atoms with Crippen LogP contribution in [0.3, 0.4) is 0 Å². The standard InChI is InChI=1S/C14H16BrIO/c1-9-2-4-10(5-3-9)14(17)12-8-11(15)6-7-13(12)16/h6-10H,2-5H2,1H3. The van der Waals surface area contributed by atoms with E-state index in [0.29, 0.717) is 5.78 Å². The monoisotopic (exact) mass is 406 g/mol. The fourth-order valence-corrected chi connectivity index (χ4v) is 3.39. The second-order valence-electron chi connectivity index (χ2n) is 4.95. The van der Waals surface area contributed by atoms with Crippen molar-refractivity contribution in [2.24, 2.45) is 11.8 Å². The van der Waals surface area contributed by atoms with E-state index in [1.807, 2.05) is 18.2 Å². The number of rotatable bonds is 2. The summed E-state index contributed by atoms with van der Waals surface area (Å²) in [4.78, 5) is 12.5. The van der Waals surface area contributed by atoms with Crippen molar-refractivity contribution in [1.29, 1.82) is 0 Å². The van der Waals surface area contributed by atoms with Crippen LogP contribution in [0, 0.1) is 15.4 Å². The topological polar surface area (TPSA) is 17.1 Å². The quantitative estimate of drug-likeness (QED) is 0.495. The summed E-state index contributed by atoms with van der Waals surface area (Å²) in [5.74, 6) is 1.37. The van der Waals surface area contributed by atoms with Gasteiger partial charge in [0.15, 0.2) is 5.78 Å². The summed E-state index contributed by atoms with van der Waals surface area (Å²) in [5.41, 5.74) is 0.888. The largest absolute Gasteiger partial charge is 0.294 e. The highest BCUT2D eigenvalue weighted by Gasteiger charge is 2.26. The summed E-state index contributed by atoms with van der Waals surface area (Å²) in [6.07, 6.45) is 4.51.